The number of halogens is 2. The van der Waals surface area contributed by atoms with Gasteiger partial charge < -0.3 is 4.42 Å². The van der Waals surface area contributed by atoms with Crippen molar-refractivity contribution in [3.05, 3.63) is 84.6 Å². The fraction of sp³-hybridized carbons (Fsp3) is 0. The molecule has 0 saturated heterocycles. The van der Waals surface area contributed by atoms with Crippen molar-refractivity contribution in [2.45, 2.75) is 0 Å². The van der Waals surface area contributed by atoms with E-state index in [0.29, 0.717) is 27.7 Å². The zero-order chi connectivity index (χ0) is 19.4. The highest BCUT2D eigenvalue weighted by Gasteiger charge is 2.14. The Bertz CT molecular complexity index is 1030. The third kappa shape index (κ3) is 4.72. The number of nitro benzene ring substituents is 1. The van der Waals surface area contributed by atoms with Crippen LogP contribution in [0.3, 0.4) is 0 Å². The Balaban J connectivity index is 1.72. The fourth-order valence-electron chi connectivity index (χ4n) is 2.20. The monoisotopic (exact) mass is 495 g/mol. The fourth-order valence-corrected chi connectivity index (χ4v) is 2.77. The highest BCUT2D eigenvalue weighted by molar-refractivity contribution is 14.1. The molecule has 0 unspecified atom stereocenters. The van der Waals surface area contributed by atoms with Crippen molar-refractivity contribution >= 4 is 52.0 Å². The largest absolute Gasteiger partial charge is 0.455 e. The number of nitro groups is 1. The number of non-ortho nitro benzene ring substituents is 1. The van der Waals surface area contributed by atoms with Crippen molar-refractivity contribution < 1.29 is 14.1 Å². The Morgan fingerprint density at radius 1 is 1.19 bits per heavy atom. The first-order chi connectivity index (χ1) is 12.9. The first-order valence-corrected chi connectivity index (χ1v) is 9.03. The lowest BCUT2D eigenvalue weighted by atomic mass is 10.1. The summed E-state index contributed by atoms with van der Waals surface area (Å²) in [5, 5.41) is 15.1. The molecular weight excluding hydrogens is 485 g/mol. The normalized spacial score (nSPS) is 10.9. The van der Waals surface area contributed by atoms with Crippen LogP contribution in [0.4, 0.5) is 5.69 Å². The molecule has 2 aromatic carbocycles. The molecule has 0 fully saturated rings. The molecule has 27 heavy (non-hydrogen) atoms. The molecule has 1 aromatic heterocycles. The van der Waals surface area contributed by atoms with E-state index in [4.69, 9.17) is 16.0 Å². The summed E-state index contributed by atoms with van der Waals surface area (Å²) < 4.78 is 6.60. The quantitative estimate of drug-likeness (QED) is 0.236. The topological polar surface area (TPSA) is 97.7 Å². The lowest BCUT2D eigenvalue weighted by molar-refractivity contribution is -0.384. The van der Waals surface area contributed by atoms with Crippen molar-refractivity contribution in [3.63, 3.8) is 0 Å². The van der Waals surface area contributed by atoms with Gasteiger partial charge in [-0.3, -0.25) is 14.9 Å². The Labute approximate surface area is 172 Å². The predicted octanol–water partition coefficient (Wildman–Crippen LogP) is 4.88. The van der Waals surface area contributed by atoms with E-state index in [1.807, 2.05) is 12.1 Å². The number of nitrogens with zero attached hydrogens (tertiary/aromatic N) is 2. The van der Waals surface area contributed by atoms with Crippen LogP contribution in [0, 0.1) is 13.7 Å². The smallest absolute Gasteiger partial charge is 0.271 e. The lowest BCUT2D eigenvalue weighted by Gasteiger charge is -2.01. The molecule has 1 amide bonds. The molecule has 0 atom stereocenters. The van der Waals surface area contributed by atoms with Gasteiger partial charge in [-0.15, -0.1) is 0 Å². The second kappa shape index (κ2) is 8.31. The van der Waals surface area contributed by atoms with Crippen molar-refractivity contribution in [1.82, 2.24) is 5.43 Å². The molecule has 0 aliphatic heterocycles. The second-order valence-electron chi connectivity index (χ2n) is 5.33. The lowest BCUT2D eigenvalue weighted by Crippen LogP contribution is -2.17. The Morgan fingerprint density at radius 2 is 1.93 bits per heavy atom. The van der Waals surface area contributed by atoms with Crippen molar-refractivity contribution in [3.8, 4) is 11.3 Å². The Morgan fingerprint density at radius 3 is 2.63 bits per heavy atom. The molecule has 0 spiro atoms. The SMILES string of the molecule is O=C(N/N=C\c1ccc(-c2cc([N+](=O)[O-])ccc2Cl)o1)c1ccc(I)cc1. The van der Waals surface area contributed by atoms with Gasteiger partial charge in [0.2, 0.25) is 0 Å². The third-order valence-electron chi connectivity index (χ3n) is 3.52. The van der Waals surface area contributed by atoms with Gasteiger partial charge >= 0.3 is 0 Å². The number of nitrogens with one attached hydrogen (secondary N) is 1. The van der Waals surface area contributed by atoms with E-state index in [1.165, 1.54) is 24.4 Å². The van der Waals surface area contributed by atoms with Gasteiger partial charge in [0.05, 0.1) is 16.2 Å². The zero-order valence-electron chi connectivity index (χ0n) is 13.6. The summed E-state index contributed by atoms with van der Waals surface area (Å²) in [7, 11) is 0. The standard InChI is InChI=1S/C18H11ClIN3O4/c19-16-7-5-13(23(25)26)9-15(16)17-8-6-14(27-17)10-21-22-18(24)11-1-3-12(20)4-2-11/h1-10H,(H,22,24)/b21-10-. The van der Waals surface area contributed by atoms with Gasteiger partial charge in [0.1, 0.15) is 11.5 Å². The van der Waals surface area contributed by atoms with Gasteiger partial charge in [0.15, 0.2) is 0 Å². The molecule has 0 aliphatic rings. The number of amides is 1. The van der Waals surface area contributed by atoms with Crippen LogP contribution in [0.25, 0.3) is 11.3 Å². The zero-order valence-corrected chi connectivity index (χ0v) is 16.5. The Kier molecular flexibility index (Phi) is 5.87. The molecule has 0 aliphatic carbocycles. The van der Waals surface area contributed by atoms with E-state index in [2.05, 4.69) is 33.1 Å². The number of hydrogen-bond acceptors (Lipinski definition) is 5. The number of hydrogen-bond donors (Lipinski definition) is 1. The molecule has 9 heteroatoms. The maximum absolute atomic E-state index is 12.0. The van der Waals surface area contributed by atoms with Crippen LogP contribution in [0.5, 0.6) is 0 Å². The van der Waals surface area contributed by atoms with E-state index in [0.717, 1.165) is 3.57 Å². The number of rotatable bonds is 5. The summed E-state index contributed by atoms with van der Waals surface area (Å²) in [5.74, 6) is 0.362. The van der Waals surface area contributed by atoms with Gasteiger partial charge in [0, 0.05) is 26.8 Å². The molecular formula is C18H11ClIN3O4. The van der Waals surface area contributed by atoms with Crippen molar-refractivity contribution in [1.29, 1.82) is 0 Å². The van der Waals surface area contributed by atoms with Gasteiger partial charge in [-0.1, -0.05) is 11.6 Å². The van der Waals surface area contributed by atoms with Crippen LogP contribution >= 0.6 is 34.2 Å². The van der Waals surface area contributed by atoms with E-state index < -0.39 is 4.92 Å². The van der Waals surface area contributed by atoms with Crippen LogP contribution in [0.1, 0.15) is 16.1 Å². The van der Waals surface area contributed by atoms with Gasteiger partial charge in [-0.05, 0) is 65.1 Å². The molecule has 3 aromatic rings. The molecule has 0 saturated carbocycles. The number of hydrazone groups is 1. The summed E-state index contributed by atoms with van der Waals surface area (Å²) in [5.41, 5.74) is 3.19. The highest BCUT2D eigenvalue weighted by Crippen LogP contribution is 2.32. The van der Waals surface area contributed by atoms with Crippen molar-refractivity contribution in [2.24, 2.45) is 5.10 Å². The minimum Gasteiger partial charge on any atom is -0.455 e. The summed E-state index contributed by atoms with van der Waals surface area (Å²) in [6.45, 7) is 0. The number of benzene rings is 2. The van der Waals surface area contributed by atoms with Crippen LogP contribution in [-0.4, -0.2) is 17.0 Å². The number of furan rings is 1. The van der Waals surface area contributed by atoms with E-state index in [1.54, 1.807) is 24.3 Å². The second-order valence-corrected chi connectivity index (χ2v) is 6.98. The first-order valence-electron chi connectivity index (χ1n) is 7.57. The predicted molar refractivity (Wildman–Crippen MR) is 110 cm³/mol. The maximum Gasteiger partial charge on any atom is 0.271 e. The molecule has 7 nitrogen and oxygen atoms in total. The number of carbonyl (C=O) groups excluding carboxylic acids is 1. The minimum absolute atomic E-state index is 0.0918. The average molecular weight is 496 g/mol. The van der Waals surface area contributed by atoms with Gasteiger partial charge in [-0.2, -0.15) is 5.10 Å². The molecule has 0 radical (unpaired) electrons. The third-order valence-corrected chi connectivity index (χ3v) is 4.57. The maximum atomic E-state index is 12.0. The first kappa shape index (κ1) is 19.1. The molecule has 0 bridgehead atoms. The summed E-state index contributed by atoms with van der Waals surface area (Å²) in [4.78, 5) is 22.4. The van der Waals surface area contributed by atoms with E-state index >= 15 is 0 Å². The molecule has 1 heterocycles. The van der Waals surface area contributed by atoms with Crippen LogP contribution in [-0.2, 0) is 0 Å². The van der Waals surface area contributed by atoms with Crippen LogP contribution in [0.15, 0.2) is 64.1 Å². The summed E-state index contributed by atoms with van der Waals surface area (Å²) in [6.07, 6.45) is 1.33. The summed E-state index contributed by atoms with van der Waals surface area (Å²) >= 11 is 8.25. The van der Waals surface area contributed by atoms with Crippen molar-refractivity contribution in [2.75, 3.05) is 0 Å². The minimum atomic E-state index is -0.509. The highest BCUT2D eigenvalue weighted by atomic mass is 127. The number of carbonyl (C=O) groups is 1. The van der Waals surface area contributed by atoms with E-state index in [9.17, 15) is 14.9 Å². The molecule has 1 N–H and O–H groups in total. The summed E-state index contributed by atoms with van der Waals surface area (Å²) in [6, 6.07) is 14.4. The van der Waals surface area contributed by atoms with Gasteiger partial charge in [0.25, 0.3) is 11.6 Å². The van der Waals surface area contributed by atoms with E-state index in [-0.39, 0.29) is 11.6 Å². The molecule has 3 rings (SSSR count). The molecule has 136 valence electrons. The van der Waals surface area contributed by atoms with Gasteiger partial charge in [-0.25, -0.2) is 5.43 Å². The van der Waals surface area contributed by atoms with Crippen LogP contribution < -0.4 is 5.43 Å². The average Bonchev–Trinajstić information content (AvgIpc) is 3.11. The van der Waals surface area contributed by atoms with Crippen LogP contribution in [0.2, 0.25) is 5.02 Å². The Hall–Kier alpha value is -2.72.